The van der Waals surface area contributed by atoms with Crippen LogP contribution in [0.3, 0.4) is 0 Å². The Morgan fingerprint density at radius 2 is 2.04 bits per heavy atom. The van der Waals surface area contributed by atoms with Gasteiger partial charge in [-0.25, -0.2) is 15.0 Å². The molecule has 2 aromatic rings. The Morgan fingerprint density at radius 3 is 2.74 bits per heavy atom. The average Bonchev–Trinajstić information content (AvgIpc) is 2.52. The van der Waals surface area contributed by atoms with Crippen molar-refractivity contribution in [2.24, 2.45) is 9.98 Å². The second kappa shape index (κ2) is 5.72. The number of amides is 1. The number of rotatable bonds is 2. The Hall–Kier alpha value is -2.89. The van der Waals surface area contributed by atoms with Gasteiger partial charge in [0.15, 0.2) is 0 Å². The van der Waals surface area contributed by atoms with Crippen LogP contribution in [0.4, 0.5) is 5.95 Å². The number of hydrogen-bond acceptors (Lipinski definition) is 4. The van der Waals surface area contributed by atoms with Crippen molar-refractivity contribution in [2.75, 3.05) is 0 Å². The third-order valence-electron chi connectivity index (χ3n) is 3.76. The van der Waals surface area contributed by atoms with E-state index in [0.29, 0.717) is 11.3 Å². The van der Waals surface area contributed by atoms with Gasteiger partial charge in [-0.3, -0.25) is 10.1 Å². The van der Waals surface area contributed by atoms with Gasteiger partial charge in [-0.2, -0.15) is 4.99 Å². The molecule has 0 unspecified atom stereocenters. The van der Waals surface area contributed by atoms with E-state index in [1.165, 1.54) is 5.56 Å². The van der Waals surface area contributed by atoms with E-state index < -0.39 is 0 Å². The first-order valence-corrected chi connectivity index (χ1v) is 7.40. The van der Waals surface area contributed by atoms with Crippen LogP contribution in [0.15, 0.2) is 40.3 Å². The number of fused-ring (bicyclic) bond motifs is 1. The summed E-state index contributed by atoms with van der Waals surface area (Å²) in [5.41, 5.74) is 3.78. The SMILES string of the molecule is C=C1C(=O)N/C(=N\c2nc(C)c3cc(CC)ccc3n2)N=C1C. The molecular formula is C17H17N5O. The van der Waals surface area contributed by atoms with Crippen LogP contribution in [0.2, 0.25) is 0 Å². The predicted molar refractivity (Wildman–Crippen MR) is 91.1 cm³/mol. The molecule has 0 bridgehead atoms. The van der Waals surface area contributed by atoms with Crippen LogP contribution in [-0.2, 0) is 11.2 Å². The first kappa shape index (κ1) is 15.0. The molecule has 6 nitrogen and oxygen atoms in total. The standard InChI is InChI=1S/C17H17N5O/c1-5-12-6-7-14-13(8-12)11(4)19-16(20-14)22-17-18-10(3)9(2)15(23)21-17/h6-8H,2,5H2,1,3-4H3,(H,19,20,21,22,23). The van der Waals surface area contributed by atoms with Gasteiger partial charge >= 0.3 is 0 Å². The summed E-state index contributed by atoms with van der Waals surface area (Å²) in [5.74, 6) is 0.156. The fourth-order valence-corrected chi connectivity index (χ4v) is 2.33. The molecular weight excluding hydrogens is 290 g/mol. The number of aliphatic imine (C=N–C) groups is 2. The van der Waals surface area contributed by atoms with Crippen LogP contribution in [0, 0.1) is 6.92 Å². The lowest BCUT2D eigenvalue weighted by molar-refractivity contribution is -0.115. The quantitative estimate of drug-likeness (QED) is 0.866. The van der Waals surface area contributed by atoms with Crippen molar-refractivity contribution in [3.63, 3.8) is 0 Å². The molecule has 6 heteroatoms. The highest BCUT2D eigenvalue weighted by molar-refractivity contribution is 6.29. The zero-order valence-corrected chi connectivity index (χ0v) is 13.3. The summed E-state index contributed by atoms with van der Waals surface area (Å²) < 4.78 is 0. The smallest absolute Gasteiger partial charge is 0.259 e. The predicted octanol–water partition coefficient (Wildman–Crippen LogP) is 2.64. The van der Waals surface area contributed by atoms with Gasteiger partial charge in [-0.05, 0) is 38.0 Å². The van der Waals surface area contributed by atoms with E-state index in [-0.39, 0.29) is 17.8 Å². The van der Waals surface area contributed by atoms with Gasteiger partial charge in [0.2, 0.25) is 5.96 Å². The Kier molecular flexibility index (Phi) is 3.73. The molecule has 2 heterocycles. The fourth-order valence-electron chi connectivity index (χ4n) is 2.33. The third kappa shape index (κ3) is 2.88. The van der Waals surface area contributed by atoms with Crippen molar-refractivity contribution in [3.05, 3.63) is 41.6 Å². The lowest BCUT2D eigenvalue weighted by Gasteiger charge is -2.13. The number of carbonyl (C=O) groups excluding carboxylic acids is 1. The van der Waals surface area contributed by atoms with E-state index >= 15 is 0 Å². The average molecular weight is 307 g/mol. The molecule has 1 aliphatic rings. The van der Waals surface area contributed by atoms with Crippen LogP contribution in [0.5, 0.6) is 0 Å². The molecule has 23 heavy (non-hydrogen) atoms. The Bertz CT molecular complexity index is 895. The molecule has 0 spiro atoms. The van der Waals surface area contributed by atoms with Gasteiger partial charge in [0.25, 0.3) is 11.9 Å². The number of hydrogen-bond donors (Lipinski definition) is 1. The molecule has 116 valence electrons. The van der Waals surface area contributed by atoms with Crippen molar-refractivity contribution in [1.82, 2.24) is 15.3 Å². The molecule has 0 aliphatic carbocycles. The molecule has 1 N–H and O–H groups in total. The van der Waals surface area contributed by atoms with Crippen LogP contribution in [0.1, 0.15) is 25.1 Å². The Balaban J connectivity index is 2.06. The molecule has 1 amide bonds. The first-order valence-electron chi connectivity index (χ1n) is 7.40. The largest absolute Gasteiger partial charge is 0.290 e. The van der Waals surface area contributed by atoms with Crippen molar-refractivity contribution in [1.29, 1.82) is 0 Å². The highest BCUT2D eigenvalue weighted by Gasteiger charge is 2.18. The lowest BCUT2D eigenvalue weighted by Crippen LogP contribution is -2.37. The van der Waals surface area contributed by atoms with E-state index in [2.05, 4.69) is 44.8 Å². The minimum atomic E-state index is -0.304. The zero-order chi connectivity index (χ0) is 16.6. The molecule has 1 aliphatic heterocycles. The number of nitrogens with zero attached hydrogens (tertiary/aromatic N) is 4. The zero-order valence-electron chi connectivity index (χ0n) is 13.3. The second-order valence-corrected chi connectivity index (χ2v) is 5.38. The van der Waals surface area contributed by atoms with Crippen molar-refractivity contribution in [3.8, 4) is 0 Å². The number of guanidine groups is 1. The van der Waals surface area contributed by atoms with Gasteiger partial charge in [-0.15, -0.1) is 0 Å². The molecule has 0 fully saturated rings. The van der Waals surface area contributed by atoms with Crippen LogP contribution in [-0.4, -0.2) is 27.5 Å². The summed E-state index contributed by atoms with van der Waals surface area (Å²) >= 11 is 0. The molecule has 0 saturated heterocycles. The van der Waals surface area contributed by atoms with E-state index in [9.17, 15) is 4.79 Å². The minimum Gasteiger partial charge on any atom is -0.290 e. The molecule has 0 saturated carbocycles. The number of aryl methyl sites for hydroxylation is 2. The summed E-state index contributed by atoms with van der Waals surface area (Å²) in [5, 5.41) is 3.58. The topological polar surface area (TPSA) is 79.6 Å². The fraction of sp³-hybridized carbons (Fsp3) is 0.235. The Morgan fingerprint density at radius 1 is 1.26 bits per heavy atom. The van der Waals surface area contributed by atoms with Crippen LogP contribution < -0.4 is 5.32 Å². The summed E-state index contributed by atoms with van der Waals surface area (Å²) in [7, 11) is 0. The molecule has 1 aromatic carbocycles. The molecule has 0 radical (unpaired) electrons. The number of nitrogens with one attached hydrogen (secondary N) is 1. The van der Waals surface area contributed by atoms with Crippen molar-refractivity contribution in [2.45, 2.75) is 27.2 Å². The number of benzene rings is 1. The number of aromatic nitrogens is 2. The van der Waals surface area contributed by atoms with Gasteiger partial charge in [0.05, 0.1) is 22.5 Å². The molecule has 0 atom stereocenters. The van der Waals surface area contributed by atoms with Gasteiger partial charge < -0.3 is 0 Å². The maximum atomic E-state index is 11.7. The van der Waals surface area contributed by atoms with Gasteiger partial charge in [-0.1, -0.05) is 19.6 Å². The Labute approximate surface area is 134 Å². The minimum absolute atomic E-state index is 0.184. The van der Waals surface area contributed by atoms with E-state index in [4.69, 9.17) is 0 Å². The summed E-state index contributed by atoms with van der Waals surface area (Å²) in [4.78, 5) is 29.0. The summed E-state index contributed by atoms with van der Waals surface area (Å²) in [6, 6.07) is 6.10. The van der Waals surface area contributed by atoms with Gasteiger partial charge in [0.1, 0.15) is 0 Å². The van der Waals surface area contributed by atoms with Crippen LogP contribution in [0.25, 0.3) is 10.9 Å². The summed E-state index contributed by atoms with van der Waals surface area (Å²) in [6.07, 6.45) is 0.962. The summed E-state index contributed by atoms with van der Waals surface area (Å²) in [6.45, 7) is 9.41. The van der Waals surface area contributed by atoms with Crippen molar-refractivity contribution < 1.29 is 4.79 Å². The van der Waals surface area contributed by atoms with E-state index in [0.717, 1.165) is 23.0 Å². The first-order chi connectivity index (χ1) is 11.0. The van der Waals surface area contributed by atoms with Crippen LogP contribution >= 0.6 is 0 Å². The lowest BCUT2D eigenvalue weighted by atomic mass is 10.1. The van der Waals surface area contributed by atoms with E-state index in [1.54, 1.807) is 6.92 Å². The normalized spacial score (nSPS) is 16.7. The highest BCUT2D eigenvalue weighted by atomic mass is 16.2. The highest BCUT2D eigenvalue weighted by Crippen LogP contribution is 2.20. The van der Waals surface area contributed by atoms with E-state index in [1.807, 2.05) is 19.1 Å². The second-order valence-electron chi connectivity index (χ2n) is 5.38. The maximum absolute atomic E-state index is 11.7. The molecule has 3 rings (SSSR count). The maximum Gasteiger partial charge on any atom is 0.259 e. The van der Waals surface area contributed by atoms with Gasteiger partial charge in [0, 0.05) is 5.39 Å². The van der Waals surface area contributed by atoms with Crippen molar-refractivity contribution >= 4 is 34.4 Å². The third-order valence-corrected chi connectivity index (χ3v) is 3.76. The number of carbonyl (C=O) groups is 1. The monoisotopic (exact) mass is 307 g/mol. The molecule has 1 aromatic heterocycles.